The number of rotatable bonds is 28. The molecule has 398 valence electrons. The van der Waals surface area contributed by atoms with Crippen LogP contribution in [0.2, 0.25) is 53.8 Å². The molecule has 0 amide bonds. The van der Waals surface area contributed by atoms with Crippen molar-refractivity contribution < 1.29 is 17.6 Å². The molecule has 0 fully saturated rings. The van der Waals surface area contributed by atoms with Crippen molar-refractivity contribution in [1.29, 1.82) is 0 Å². The SMILES string of the molecule is CCCCC(CC)C[Si]1(CC(CC)CCCC)c2cc(-c3c(F)c(F)c(-c4cc5c(s4)-c4s[c]([Sn]([CH3])([CH3])[CH3])cc4[Si]5(CC(CC)CCCC)CC(CC)CCCC)c(F)c3F)sc2-c2s[c]([Sn]([CH3])([CH3])[CH3])cc21. The maximum atomic E-state index is 17.5. The second-order valence-electron chi connectivity index (χ2n) is 24.6. The van der Waals surface area contributed by atoms with E-state index in [4.69, 9.17) is 0 Å². The molecule has 0 saturated heterocycles. The van der Waals surface area contributed by atoms with Crippen LogP contribution >= 0.6 is 45.3 Å². The Morgan fingerprint density at radius 3 is 0.875 bits per heavy atom. The van der Waals surface area contributed by atoms with Gasteiger partial charge in [0.1, 0.15) is 0 Å². The number of benzene rings is 1. The minimum atomic E-state index is -2.56. The number of hydrogen-bond donors (Lipinski definition) is 0. The Labute approximate surface area is 461 Å². The normalized spacial score (nSPS) is 19.1. The third-order valence-corrected chi connectivity index (χ3v) is 52.6. The van der Waals surface area contributed by atoms with Crippen molar-refractivity contribution in [3.05, 3.63) is 47.5 Å². The van der Waals surface area contributed by atoms with Crippen molar-refractivity contribution in [2.75, 3.05) is 0 Å². The third-order valence-electron chi connectivity index (χ3n) is 17.4. The average Bonchev–Trinajstić information content (AvgIpc) is 4.21. The standard InChI is InChI=1S/C54H72F4S4Si2.6CH3.2Sn/c1-9-17-21-35(13-5)31-63(32-36(14-6)22-18-10-2)41-25-27-59-51(41)53-43(63)29-39(61-53)45-47(55)49(57)46(50(58)48(45)56)40-30-44-54(62-40)52-42(26-28-60-52)64(44,33-37(15-7)23-19-11-3)34-38(16-8)24-20-12-4;;;;;;;;/h25-26,29-30,35-38H,9-24,31-34H2,1-8H3;6*1H3;;. The topological polar surface area (TPSA) is 0 Å². The summed E-state index contributed by atoms with van der Waals surface area (Å²) in [5.74, 6) is -2.74. The van der Waals surface area contributed by atoms with Crippen LogP contribution in [-0.2, 0) is 0 Å². The molecular weight excluding hydrogens is 1220 g/mol. The molecular formula is C60H90F4S4Si2Sn2. The fourth-order valence-electron chi connectivity index (χ4n) is 12.8. The summed E-state index contributed by atoms with van der Waals surface area (Å²) in [5, 5.41) is 5.68. The summed E-state index contributed by atoms with van der Waals surface area (Å²) in [6.07, 6.45) is 18.6. The van der Waals surface area contributed by atoms with Crippen molar-refractivity contribution in [2.24, 2.45) is 23.7 Å². The molecule has 0 radical (unpaired) electrons. The fraction of sp³-hybridized carbons (Fsp3) is 0.633. The van der Waals surface area contributed by atoms with Crippen LogP contribution in [0.1, 0.15) is 158 Å². The van der Waals surface area contributed by atoms with Gasteiger partial charge in [0.15, 0.2) is 0 Å². The number of halogens is 4. The second-order valence-corrected chi connectivity index (χ2v) is 67.7. The van der Waals surface area contributed by atoms with Gasteiger partial charge in [-0.1, -0.05) is 0 Å². The Hall–Kier alpha value is -0.229. The quantitative estimate of drug-likeness (QED) is 0.0266. The van der Waals surface area contributed by atoms with Gasteiger partial charge in [0.25, 0.3) is 0 Å². The van der Waals surface area contributed by atoms with E-state index in [0.717, 1.165) is 85.3 Å². The van der Waals surface area contributed by atoms with E-state index >= 15 is 17.6 Å². The van der Waals surface area contributed by atoms with Gasteiger partial charge in [-0.2, -0.15) is 0 Å². The summed E-state index contributed by atoms with van der Waals surface area (Å²) in [5.41, 5.74) is -1.03. The molecule has 72 heavy (non-hydrogen) atoms. The molecule has 2 aliphatic heterocycles. The zero-order valence-corrected chi connectivity index (χ0v) is 57.9. The Bertz CT molecular complexity index is 2380. The molecule has 7 rings (SSSR count). The molecule has 12 heteroatoms. The molecule has 4 atom stereocenters. The molecule has 0 bridgehead atoms. The van der Waals surface area contributed by atoms with Gasteiger partial charge in [-0.3, -0.25) is 0 Å². The van der Waals surface area contributed by atoms with Crippen molar-refractivity contribution in [3.63, 3.8) is 0 Å². The van der Waals surface area contributed by atoms with Crippen LogP contribution in [0.25, 0.3) is 40.4 Å². The van der Waals surface area contributed by atoms with Crippen molar-refractivity contribution in [3.8, 4) is 40.4 Å². The number of unbranched alkanes of at least 4 members (excludes halogenated alkanes) is 4. The van der Waals surface area contributed by atoms with Gasteiger partial charge in [0, 0.05) is 0 Å². The average molecular weight is 1310 g/mol. The van der Waals surface area contributed by atoms with E-state index in [0.29, 0.717) is 33.4 Å². The predicted molar refractivity (Wildman–Crippen MR) is 328 cm³/mol. The van der Waals surface area contributed by atoms with E-state index < -0.39 is 87.3 Å². The van der Waals surface area contributed by atoms with Gasteiger partial charge < -0.3 is 0 Å². The van der Waals surface area contributed by atoms with Crippen molar-refractivity contribution >= 4 is 125 Å². The van der Waals surface area contributed by atoms with Crippen LogP contribution in [-0.4, -0.2) is 52.9 Å². The monoisotopic (exact) mass is 1310 g/mol. The Morgan fingerprint density at radius 2 is 0.639 bits per heavy atom. The number of fused-ring (bicyclic) bond motifs is 6. The summed E-state index contributed by atoms with van der Waals surface area (Å²) < 4.78 is 73.0. The third kappa shape index (κ3) is 11.7. The molecule has 1 aromatic carbocycles. The van der Waals surface area contributed by atoms with Crippen molar-refractivity contribution in [2.45, 2.75) is 212 Å². The van der Waals surface area contributed by atoms with Gasteiger partial charge in [0.2, 0.25) is 0 Å². The zero-order valence-electron chi connectivity index (χ0n) is 46.9. The van der Waals surface area contributed by atoms with E-state index in [1.807, 2.05) is 22.7 Å². The first-order chi connectivity index (χ1) is 34.2. The van der Waals surface area contributed by atoms with Gasteiger partial charge in [-0.05, 0) is 0 Å². The van der Waals surface area contributed by atoms with Crippen LogP contribution in [0.15, 0.2) is 24.3 Å². The predicted octanol–water partition coefficient (Wildman–Crippen LogP) is 18.9. The first-order valence-corrected chi connectivity index (χ1v) is 56.7. The second kappa shape index (κ2) is 24.8. The summed E-state index contributed by atoms with van der Waals surface area (Å²) >= 11 is 1.57. The molecule has 0 nitrogen and oxygen atoms in total. The maximum absolute atomic E-state index is 17.5. The Balaban J connectivity index is 1.42. The van der Waals surface area contributed by atoms with Crippen LogP contribution in [0.5, 0.6) is 0 Å². The Morgan fingerprint density at radius 1 is 0.389 bits per heavy atom. The summed E-state index contributed by atoms with van der Waals surface area (Å²) in [4.78, 5) is 20.5. The molecule has 0 N–H and O–H groups in total. The van der Waals surface area contributed by atoms with E-state index in [1.54, 1.807) is 16.2 Å². The summed E-state index contributed by atoms with van der Waals surface area (Å²) in [6, 6.07) is 13.8. The van der Waals surface area contributed by atoms with Gasteiger partial charge in [0.05, 0.1) is 0 Å². The molecule has 5 aromatic rings. The number of thiophene rings is 4. The molecule has 4 unspecified atom stereocenters. The molecule has 4 aromatic heterocycles. The van der Waals surface area contributed by atoms with Crippen LogP contribution in [0.3, 0.4) is 0 Å². The fourth-order valence-corrected chi connectivity index (χ4v) is 44.9. The molecule has 0 saturated carbocycles. The van der Waals surface area contributed by atoms with Crippen LogP contribution in [0, 0.1) is 46.9 Å². The molecule has 0 spiro atoms. The van der Waals surface area contributed by atoms with E-state index in [1.165, 1.54) is 94.2 Å². The summed E-state index contributed by atoms with van der Waals surface area (Å²) in [6.45, 7) is 18.5. The number of hydrogen-bond acceptors (Lipinski definition) is 4. The summed E-state index contributed by atoms with van der Waals surface area (Å²) in [7, 11) is -5.01. The molecule has 0 aliphatic carbocycles. The van der Waals surface area contributed by atoms with E-state index in [2.05, 4.69) is 109 Å². The van der Waals surface area contributed by atoms with Crippen LogP contribution < -0.4 is 26.5 Å². The Kier molecular flexibility index (Phi) is 20.5. The first-order valence-electron chi connectivity index (χ1n) is 28.7. The zero-order chi connectivity index (χ0) is 52.5. The minimum absolute atomic E-state index is 0.346. The van der Waals surface area contributed by atoms with Crippen LogP contribution in [0.4, 0.5) is 17.6 Å². The van der Waals surface area contributed by atoms with E-state index in [9.17, 15) is 0 Å². The van der Waals surface area contributed by atoms with Gasteiger partial charge >= 0.3 is 466 Å². The van der Waals surface area contributed by atoms with Gasteiger partial charge in [-0.25, -0.2) is 0 Å². The van der Waals surface area contributed by atoms with Crippen molar-refractivity contribution in [1.82, 2.24) is 0 Å². The molecule has 2 aliphatic rings. The first kappa shape index (κ1) is 59.4. The van der Waals surface area contributed by atoms with E-state index in [-0.39, 0.29) is 0 Å². The van der Waals surface area contributed by atoms with Gasteiger partial charge in [-0.15, -0.1) is 0 Å². The molecule has 6 heterocycles.